The average Bonchev–Trinajstić information content (AvgIpc) is 3.39. The van der Waals surface area contributed by atoms with Crippen molar-refractivity contribution in [3.8, 4) is 17.0 Å². The Hall–Kier alpha value is -2.78. The molecule has 0 amide bonds. The Labute approximate surface area is 216 Å². The van der Waals surface area contributed by atoms with Gasteiger partial charge in [0.05, 0.1) is 4.90 Å². The van der Waals surface area contributed by atoms with Crippen molar-refractivity contribution in [1.82, 2.24) is 9.88 Å². The number of aromatic nitrogens is 1. The monoisotopic (exact) mass is 522 g/mol. The van der Waals surface area contributed by atoms with Crippen LogP contribution in [-0.4, -0.2) is 48.1 Å². The van der Waals surface area contributed by atoms with Gasteiger partial charge in [0.25, 0.3) is 10.1 Å². The number of thiophene rings is 1. The number of pyridine rings is 1. The summed E-state index contributed by atoms with van der Waals surface area (Å²) in [4.78, 5) is 7.05. The van der Waals surface area contributed by atoms with Crippen LogP contribution in [0.1, 0.15) is 31.2 Å². The van der Waals surface area contributed by atoms with E-state index in [2.05, 4.69) is 52.6 Å². The van der Waals surface area contributed by atoms with Crippen LogP contribution in [0, 0.1) is 6.92 Å². The van der Waals surface area contributed by atoms with Gasteiger partial charge in [-0.1, -0.05) is 23.8 Å². The van der Waals surface area contributed by atoms with Gasteiger partial charge < -0.3 is 9.64 Å². The van der Waals surface area contributed by atoms with Crippen LogP contribution in [-0.2, 0) is 10.1 Å². The third kappa shape index (κ3) is 5.62. The molecule has 4 heterocycles. The molecule has 0 spiro atoms. The second-order valence-corrected chi connectivity index (χ2v) is 12.0. The van der Waals surface area contributed by atoms with Crippen molar-refractivity contribution in [2.24, 2.45) is 0 Å². The topological polar surface area (TPSA) is 79.7 Å². The SMILES string of the molecule is CN1[C@@H]2CC[C@H]1C[C@@H](Oc1ccc(-c3ccc4sccc4c3)cn1)C2.Cc1ccc(S(=O)(=O)O)cc1. The lowest BCUT2D eigenvalue weighted by Gasteiger charge is -2.36. The van der Waals surface area contributed by atoms with Crippen LogP contribution in [0.4, 0.5) is 0 Å². The van der Waals surface area contributed by atoms with Gasteiger partial charge in [0.2, 0.25) is 5.88 Å². The number of hydrogen-bond donors (Lipinski definition) is 1. The van der Waals surface area contributed by atoms with Gasteiger partial charge in [-0.3, -0.25) is 4.55 Å². The molecule has 2 bridgehead atoms. The molecule has 2 fully saturated rings. The second-order valence-electron chi connectivity index (χ2n) is 9.61. The highest BCUT2D eigenvalue weighted by Crippen LogP contribution is 2.36. The van der Waals surface area contributed by atoms with Crippen LogP contribution in [0.5, 0.6) is 5.88 Å². The molecule has 0 aliphatic carbocycles. The van der Waals surface area contributed by atoms with Crippen LogP contribution in [0.25, 0.3) is 21.2 Å². The summed E-state index contributed by atoms with van der Waals surface area (Å²) in [6.45, 7) is 1.84. The Balaban J connectivity index is 0.000000205. The molecule has 2 aliphatic rings. The predicted molar refractivity (Wildman–Crippen MR) is 144 cm³/mol. The summed E-state index contributed by atoms with van der Waals surface area (Å²) in [5.74, 6) is 0.759. The molecule has 2 aromatic carbocycles. The van der Waals surface area contributed by atoms with E-state index >= 15 is 0 Å². The normalized spacial score (nSPS) is 21.7. The van der Waals surface area contributed by atoms with E-state index in [0.29, 0.717) is 18.2 Å². The quantitative estimate of drug-likeness (QED) is 0.321. The van der Waals surface area contributed by atoms with Gasteiger partial charge in [-0.05, 0) is 92.4 Å². The molecular formula is C28H30N2O4S2. The first kappa shape index (κ1) is 24.9. The fourth-order valence-corrected chi connectivity index (χ4v) is 6.36. The zero-order chi connectivity index (χ0) is 25.3. The van der Waals surface area contributed by atoms with Gasteiger partial charge in [0, 0.05) is 34.6 Å². The number of benzene rings is 2. The molecule has 188 valence electrons. The number of fused-ring (bicyclic) bond motifs is 3. The summed E-state index contributed by atoms with van der Waals surface area (Å²) < 4.78 is 37.1. The molecule has 0 radical (unpaired) electrons. The lowest BCUT2D eigenvalue weighted by molar-refractivity contribution is 0.0633. The Morgan fingerprint density at radius 1 is 0.972 bits per heavy atom. The first-order valence-electron chi connectivity index (χ1n) is 12.1. The third-order valence-electron chi connectivity index (χ3n) is 7.18. The maximum Gasteiger partial charge on any atom is 0.294 e. The standard InChI is InChI=1S/C21H22N2OS.C7H8O3S/c1-23-17-4-5-18(23)12-19(11-17)24-21-7-3-16(13-22-21)14-2-6-20-15(10-14)8-9-25-20;1-6-2-4-7(5-3-6)11(8,9)10/h2-3,6-10,13,17-19H,4-5,11-12H2,1H3;2-5H,1H3,(H,8,9,10)/t17-,18+,19+;. The first-order chi connectivity index (χ1) is 17.3. The van der Waals surface area contributed by atoms with Crippen molar-refractivity contribution in [2.75, 3.05) is 7.05 Å². The molecule has 6 rings (SSSR count). The molecule has 1 N–H and O–H groups in total. The highest BCUT2D eigenvalue weighted by Gasteiger charge is 2.39. The predicted octanol–water partition coefficient (Wildman–Crippen LogP) is 6.21. The van der Waals surface area contributed by atoms with E-state index in [9.17, 15) is 8.42 Å². The lowest BCUT2D eigenvalue weighted by Crippen LogP contribution is -2.43. The van der Waals surface area contributed by atoms with Crippen LogP contribution in [0.3, 0.4) is 0 Å². The molecule has 36 heavy (non-hydrogen) atoms. The van der Waals surface area contributed by atoms with E-state index in [1.165, 1.54) is 40.6 Å². The van der Waals surface area contributed by atoms with Gasteiger partial charge >= 0.3 is 0 Å². The van der Waals surface area contributed by atoms with Crippen molar-refractivity contribution < 1.29 is 17.7 Å². The lowest BCUT2D eigenvalue weighted by atomic mass is 10.0. The van der Waals surface area contributed by atoms with Gasteiger partial charge in [-0.2, -0.15) is 8.42 Å². The molecule has 4 aromatic rings. The van der Waals surface area contributed by atoms with E-state index < -0.39 is 10.1 Å². The minimum absolute atomic E-state index is 0.0666. The van der Waals surface area contributed by atoms with E-state index in [0.717, 1.165) is 29.8 Å². The van der Waals surface area contributed by atoms with E-state index in [-0.39, 0.29) is 4.90 Å². The molecule has 0 saturated carbocycles. The van der Waals surface area contributed by atoms with Gasteiger partial charge in [0.15, 0.2) is 0 Å². The van der Waals surface area contributed by atoms with Crippen molar-refractivity contribution in [3.05, 3.63) is 77.8 Å². The molecule has 6 nitrogen and oxygen atoms in total. The van der Waals surface area contributed by atoms with Gasteiger partial charge in [-0.15, -0.1) is 11.3 Å². The highest BCUT2D eigenvalue weighted by atomic mass is 32.2. The maximum atomic E-state index is 10.5. The fourth-order valence-electron chi connectivity index (χ4n) is 5.11. The molecule has 2 aliphatic heterocycles. The van der Waals surface area contributed by atoms with Crippen LogP contribution in [0.2, 0.25) is 0 Å². The summed E-state index contributed by atoms with van der Waals surface area (Å²) in [5, 5.41) is 3.43. The zero-order valence-corrected chi connectivity index (χ0v) is 22.0. The van der Waals surface area contributed by atoms with E-state index in [1.54, 1.807) is 23.5 Å². The molecule has 8 heteroatoms. The molecule has 2 aromatic heterocycles. The number of ether oxygens (including phenoxy) is 1. The Bertz CT molecular complexity index is 1420. The van der Waals surface area contributed by atoms with Crippen LogP contribution in [0.15, 0.2) is 77.1 Å². The van der Waals surface area contributed by atoms with Crippen LogP contribution >= 0.6 is 11.3 Å². The first-order valence-corrected chi connectivity index (χ1v) is 14.4. The second kappa shape index (κ2) is 10.3. The summed E-state index contributed by atoms with van der Waals surface area (Å²) in [6, 6.07) is 20.3. The Kier molecular flexibility index (Phi) is 7.12. The Morgan fingerprint density at radius 2 is 1.67 bits per heavy atom. The Morgan fingerprint density at radius 3 is 2.31 bits per heavy atom. The molecule has 3 atom stereocenters. The van der Waals surface area contributed by atoms with Gasteiger partial charge in [-0.25, -0.2) is 4.98 Å². The summed E-state index contributed by atoms with van der Waals surface area (Å²) in [5.41, 5.74) is 3.31. The molecule has 0 unspecified atom stereocenters. The molecular weight excluding hydrogens is 492 g/mol. The summed E-state index contributed by atoms with van der Waals surface area (Å²) in [7, 11) is -1.76. The number of aryl methyl sites for hydroxylation is 1. The summed E-state index contributed by atoms with van der Waals surface area (Å²) in [6.07, 6.45) is 7.15. The van der Waals surface area contributed by atoms with Gasteiger partial charge in [0.1, 0.15) is 6.10 Å². The number of hydrogen-bond acceptors (Lipinski definition) is 6. The number of piperidine rings is 1. The zero-order valence-electron chi connectivity index (χ0n) is 20.4. The minimum Gasteiger partial charge on any atom is -0.474 e. The van der Waals surface area contributed by atoms with Crippen molar-refractivity contribution in [1.29, 1.82) is 0 Å². The van der Waals surface area contributed by atoms with E-state index in [4.69, 9.17) is 9.29 Å². The number of nitrogens with zero attached hydrogens (tertiary/aromatic N) is 2. The van der Waals surface area contributed by atoms with Crippen molar-refractivity contribution in [2.45, 2.75) is 55.7 Å². The smallest absolute Gasteiger partial charge is 0.294 e. The van der Waals surface area contributed by atoms with Crippen molar-refractivity contribution >= 4 is 31.5 Å². The summed E-state index contributed by atoms with van der Waals surface area (Å²) >= 11 is 1.78. The average molecular weight is 523 g/mol. The van der Waals surface area contributed by atoms with Crippen molar-refractivity contribution in [3.63, 3.8) is 0 Å². The third-order valence-corrected chi connectivity index (χ3v) is 8.95. The number of rotatable bonds is 4. The fraction of sp³-hybridized carbons (Fsp3) is 0.321. The maximum absolute atomic E-state index is 10.5. The minimum atomic E-state index is -4.02. The molecule has 2 saturated heterocycles. The van der Waals surface area contributed by atoms with E-state index in [1.807, 2.05) is 19.2 Å². The largest absolute Gasteiger partial charge is 0.474 e. The van der Waals surface area contributed by atoms with Crippen LogP contribution < -0.4 is 4.74 Å². The highest BCUT2D eigenvalue weighted by molar-refractivity contribution is 7.85.